The average molecular weight is 367 g/mol. The molecule has 3 amide bonds. The second kappa shape index (κ2) is 10.4. The molecule has 1 aromatic rings. The van der Waals surface area contributed by atoms with E-state index in [1.165, 1.54) is 5.48 Å². The smallest absolute Gasteiger partial charge is 0.408 e. The normalized spacial score (nSPS) is 12.0. The molecular formula is C17H25N3O6. The van der Waals surface area contributed by atoms with Gasteiger partial charge >= 0.3 is 6.09 Å². The van der Waals surface area contributed by atoms with E-state index in [4.69, 9.17) is 14.7 Å². The van der Waals surface area contributed by atoms with Crippen LogP contribution < -0.4 is 16.1 Å². The van der Waals surface area contributed by atoms with Crippen molar-refractivity contribution in [3.8, 4) is 0 Å². The predicted octanol–water partition coefficient (Wildman–Crippen LogP) is 0.718. The molecular weight excluding hydrogens is 342 g/mol. The summed E-state index contributed by atoms with van der Waals surface area (Å²) >= 11 is 0. The van der Waals surface area contributed by atoms with Gasteiger partial charge in [0.1, 0.15) is 11.6 Å². The summed E-state index contributed by atoms with van der Waals surface area (Å²) in [4.78, 5) is 35.1. The number of amides is 3. The van der Waals surface area contributed by atoms with Gasteiger partial charge in [-0.05, 0) is 26.3 Å². The van der Waals surface area contributed by atoms with Crippen LogP contribution in [0.3, 0.4) is 0 Å². The van der Waals surface area contributed by atoms with Gasteiger partial charge in [-0.25, -0.2) is 10.3 Å². The highest BCUT2D eigenvalue weighted by Crippen LogP contribution is 2.07. The van der Waals surface area contributed by atoms with E-state index < -0.39 is 36.1 Å². The number of hydroxylamine groups is 1. The van der Waals surface area contributed by atoms with Crippen LogP contribution in [0.4, 0.5) is 4.79 Å². The van der Waals surface area contributed by atoms with Crippen LogP contribution in [0.1, 0.15) is 26.3 Å². The molecule has 0 heterocycles. The maximum Gasteiger partial charge on any atom is 0.408 e. The number of rotatable bonds is 8. The second-order valence-electron chi connectivity index (χ2n) is 6.45. The molecule has 144 valence electrons. The third-order valence-electron chi connectivity index (χ3n) is 2.95. The molecule has 1 aromatic carbocycles. The monoisotopic (exact) mass is 367 g/mol. The Hall–Kier alpha value is -2.65. The molecule has 0 bridgehead atoms. The molecule has 0 aliphatic carbocycles. The summed E-state index contributed by atoms with van der Waals surface area (Å²) in [5, 5.41) is 13.2. The summed E-state index contributed by atoms with van der Waals surface area (Å²) in [6, 6.07) is 8.24. The fourth-order valence-electron chi connectivity index (χ4n) is 1.83. The number of nitrogens with one attached hydrogen (secondary N) is 3. The number of hydrogen-bond donors (Lipinski definition) is 4. The molecule has 1 rings (SSSR count). The van der Waals surface area contributed by atoms with Gasteiger partial charge in [-0.3, -0.25) is 14.8 Å². The minimum absolute atomic E-state index is 0.124. The standard InChI is InChI=1S/C17H25N3O6/c1-17(2,3)26-16(23)19-13(15(22)18-9-14(21)20-24)11-25-10-12-7-5-4-6-8-12/h4-8,13,24H,9-11H2,1-3H3,(H,18,22)(H,19,23)(H,20,21)/t13-/m0/s1. The van der Waals surface area contributed by atoms with E-state index in [-0.39, 0.29) is 13.2 Å². The molecule has 0 spiro atoms. The maximum absolute atomic E-state index is 12.2. The Balaban J connectivity index is 2.62. The molecule has 0 aliphatic heterocycles. The Kier molecular flexibility index (Phi) is 8.53. The highest BCUT2D eigenvalue weighted by Gasteiger charge is 2.25. The van der Waals surface area contributed by atoms with Crippen LogP contribution >= 0.6 is 0 Å². The topological polar surface area (TPSA) is 126 Å². The van der Waals surface area contributed by atoms with E-state index >= 15 is 0 Å². The van der Waals surface area contributed by atoms with Crippen LogP contribution in [0.5, 0.6) is 0 Å². The minimum atomic E-state index is -1.07. The number of hydrogen-bond acceptors (Lipinski definition) is 6. The number of carbonyl (C=O) groups excluding carboxylic acids is 3. The zero-order valence-electron chi connectivity index (χ0n) is 15.1. The first kappa shape index (κ1) is 21.4. The quantitative estimate of drug-likeness (QED) is 0.396. The maximum atomic E-state index is 12.2. The van der Waals surface area contributed by atoms with E-state index in [1.807, 2.05) is 30.3 Å². The number of alkyl carbamates (subject to hydrolysis) is 1. The Labute approximate surface area is 152 Å². The van der Waals surface area contributed by atoms with Gasteiger partial charge in [-0.15, -0.1) is 0 Å². The highest BCUT2D eigenvalue weighted by atomic mass is 16.6. The van der Waals surface area contributed by atoms with Crippen LogP contribution in [0, 0.1) is 0 Å². The molecule has 26 heavy (non-hydrogen) atoms. The van der Waals surface area contributed by atoms with Crippen molar-refractivity contribution in [2.24, 2.45) is 0 Å². The molecule has 4 N–H and O–H groups in total. The van der Waals surface area contributed by atoms with Crippen molar-refractivity contribution >= 4 is 17.9 Å². The molecule has 0 unspecified atom stereocenters. The van der Waals surface area contributed by atoms with Crippen molar-refractivity contribution in [1.82, 2.24) is 16.1 Å². The second-order valence-corrected chi connectivity index (χ2v) is 6.45. The van der Waals surface area contributed by atoms with Gasteiger partial charge in [0.05, 0.1) is 19.8 Å². The SMILES string of the molecule is CC(C)(C)OC(=O)N[C@@H](COCc1ccccc1)C(=O)NCC(=O)NO. The van der Waals surface area contributed by atoms with Crippen molar-refractivity contribution in [3.63, 3.8) is 0 Å². The summed E-state index contributed by atoms with van der Waals surface area (Å²) in [5.41, 5.74) is 1.58. The number of ether oxygens (including phenoxy) is 2. The van der Waals surface area contributed by atoms with Crippen molar-refractivity contribution in [1.29, 1.82) is 0 Å². The molecule has 0 saturated heterocycles. The van der Waals surface area contributed by atoms with Gasteiger partial charge < -0.3 is 20.1 Å². The Morgan fingerprint density at radius 1 is 1.15 bits per heavy atom. The first-order valence-corrected chi connectivity index (χ1v) is 8.03. The summed E-state index contributed by atoms with van der Waals surface area (Å²) in [5.74, 6) is -1.44. The molecule has 0 saturated carbocycles. The summed E-state index contributed by atoms with van der Waals surface area (Å²) < 4.78 is 10.6. The van der Waals surface area contributed by atoms with Crippen LogP contribution in [-0.4, -0.2) is 47.9 Å². The van der Waals surface area contributed by atoms with Gasteiger partial charge in [0.2, 0.25) is 5.91 Å². The third kappa shape index (κ3) is 9.00. The minimum Gasteiger partial charge on any atom is -0.444 e. The number of carbonyl (C=O) groups is 3. The largest absolute Gasteiger partial charge is 0.444 e. The predicted molar refractivity (Wildman–Crippen MR) is 92.2 cm³/mol. The summed E-state index contributed by atoms with van der Waals surface area (Å²) in [6.45, 7) is 4.76. The van der Waals surface area contributed by atoms with E-state index in [0.717, 1.165) is 5.56 Å². The summed E-state index contributed by atoms with van der Waals surface area (Å²) in [7, 11) is 0. The fourth-order valence-corrected chi connectivity index (χ4v) is 1.83. The van der Waals surface area contributed by atoms with Crippen LogP contribution in [-0.2, 0) is 25.7 Å². The first-order valence-electron chi connectivity index (χ1n) is 8.03. The molecule has 9 nitrogen and oxygen atoms in total. The van der Waals surface area contributed by atoms with Gasteiger partial charge in [-0.1, -0.05) is 30.3 Å². The lowest BCUT2D eigenvalue weighted by molar-refractivity contribution is -0.132. The lowest BCUT2D eigenvalue weighted by Gasteiger charge is -2.23. The average Bonchev–Trinajstić information content (AvgIpc) is 2.57. The Bertz CT molecular complexity index is 600. The van der Waals surface area contributed by atoms with Crippen LogP contribution in [0.2, 0.25) is 0 Å². The van der Waals surface area contributed by atoms with Crippen molar-refractivity contribution < 1.29 is 29.1 Å². The Morgan fingerprint density at radius 3 is 2.38 bits per heavy atom. The van der Waals surface area contributed by atoms with Crippen LogP contribution in [0.25, 0.3) is 0 Å². The lowest BCUT2D eigenvalue weighted by atomic mass is 10.2. The lowest BCUT2D eigenvalue weighted by Crippen LogP contribution is -2.52. The van der Waals surface area contributed by atoms with Crippen molar-refractivity contribution in [2.45, 2.75) is 39.0 Å². The highest BCUT2D eigenvalue weighted by molar-refractivity contribution is 5.89. The van der Waals surface area contributed by atoms with E-state index in [0.29, 0.717) is 0 Å². The van der Waals surface area contributed by atoms with E-state index in [1.54, 1.807) is 20.8 Å². The van der Waals surface area contributed by atoms with Crippen molar-refractivity contribution in [2.75, 3.05) is 13.2 Å². The zero-order chi connectivity index (χ0) is 19.6. The number of benzene rings is 1. The van der Waals surface area contributed by atoms with Gasteiger partial charge in [-0.2, -0.15) is 0 Å². The van der Waals surface area contributed by atoms with Gasteiger partial charge in [0.25, 0.3) is 5.91 Å². The Morgan fingerprint density at radius 2 is 1.81 bits per heavy atom. The molecule has 0 radical (unpaired) electrons. The van der Waals surface area contributed by atoms with Crippen molar-refractivity contribution in [3.05, 3.63) is 35.9 Å². The molecule has 0 aliphatic rings. The van der Waals surface area contributed by atoms with Crippen LogP contribution in [0.15, 0.2) is 30.3 Å². The molecule has 1 atom stereocenters. The third-order valence-corrected chi connectivity index (χ3v) is 2.95. The molecule has 9 heteroatoms. The van der Waals surface area contributed by atoms with E-state index in [2.05, 4.69) is 10.6 Å². The first-order chi connectivity index (χ1) is 12.2. The zero-order valence-corrected chi connectivity index (χ0v) is 15.1. The fraction of sp³-hybridized carbons (Fsp3) is 0.471. The molecule has 0 aromatic heterocycles. The summed E-state index contributed by atoms with van der Waals surface area (Å²) in [6.07, 6.45) is -0.785. The van der Waals surface area contributed by atoms with Gasteiger partial charge in [0.15, 0.2) is 0 Å². The van der Waals surface area contributed by atoms with Gasteiger partial charge in [0, 0.05) is 0 Å². The molecule has 0 fully saturated rings. The van der Waals surface area contributed by atoms with E-state index in [9.17, 15) is 14.4 Å².